The molecule has 570 valence electrons. The topological polar surface area (TPSA) is 237 Å². The van der Waals surface area contributed by atoms with E-state index in [4.69, 9.17) is 37.0 Å². The summed E-state index contributed by atoms with van der Waals surface area (Å²) < 4.78 is 68.5. The van der Waals surface area contributed by atoms with Crippen molar-refractivity contribution in [1.82, 2.24) is 0 Å². The quantitative estimate of drug-likeness (QED) is 0.0222. The minimum absolute atomic E-state index is 0.106. The van der Waals surface area contributed by atoms with Gasteiger partial charge in [0.05, 0.1) is 26.4 Å². The minimum Gasteiger partial charge on any atom is -0.462 e. The lowest BCUT2D eigenvalue weighted by atomic mass is 10.0. The molecule has 0 saturated carbocycles. The van der Waals surface area contributed by atoms with Gasteiger partial charge in [-0.05, 0) is 43.4 Å². The van der Waals surface area contributed by atoms with Crippen LogP contribution in [0.5, 0.6) is 0 Å². The molecule has 0 spiro atoms. The molecule has 0 aromatic carbocycles. The van der Waals surface area contributed by atoms with Crippen LogP contribution in [0.2, 0.25) is 0 Å². The zero-order chi connectivity index (χ0) is 70.9. The van der Waals surface area contributed by atoms with Crippen LogP contribution in [0.15, 0.2) is 0 Å². The largest absolute Gasteiger partial charge is 0.472 e. The Morgan fingerprint density at radius 2 is 0.479 bits per heavy atom. The van der Waals surface area contributed by atoms with Gasteiger partial charge in [0.1, 0.15) is 19.3 Å². The van der Waals surface area contributed by atoms with Crippen molar-refractivity contribution in [3.63, 3.8) is 0 Å². The third kappa shape index (κ3) is 70.5. The fourth-order valence-corrected chi connectivity index (χ4v) is 13.4. The molecule has 0 aliphatic rings. The van der Waals surface area contributed by atoms with Crippen molar-refractivity contribution < 1.29 is 80.2 Å². The van der Waals surface area contributed by atoms with Crippen molar-refractivity contribution >= 4 is 39.5 Å². The molecule has 0 aliphatic carbocycles. The second kappa shape index (κ2) is 67.5. The van der Waals surface area contributed by atoms with Crippen LogP contribution in [0.3, 0.4) is 0 Å². The maximum Gasteiger partial charge on any atom is 0.472 e. The van der Waals surface area contributed by atoms with Gasteiger partial charge in [-0.2, -0.15) is 0 Å². The number of ether oxygens (including phenoxy) is 4. The Bertz CT molecular complexity index is 1870. The van der Waals surface area contributed by atoms with Crippen LogP contribution in [0.25, 0.3) is 0 Å². The third-order valence-corrected chi connectivity index (χ3v) is 19.8. The molecule has 0 aromatic rings. The molecular weight excluding hydrogens is 1260 g/mol. The van der Waals surface area contributed by atoms with Crippen molar-refractivity contribution in [2.45, 2.75) is 414 Å². The van der Waals surface area contributed by atoms with Gasteiger partial charge in [-0.1, -0.05) is 344 Å². The molecule has 0 aliphatic heterocycles. The summed E-state index contributed by atoms with van der Waals surface area (Å²) in [6.07, 6.45) is 54.1. The average molecular weight is 1410 g/mol. The molecule has 5 atom stereocenters. The number of aliphatic hydroxyl groups is 1. The van der Waals surface area contributed by atoms with Crippen molar-refractivity contribution in [2.75, 3.05) is 39.6 Å². The van der Waals surface area contributed by atoms with Crippen molar-refractivity contribution in [1.29, 1.82) is 0 Å². The number of hydrogen-bond donors (Lipinski definition) is 3. The Balaban J connectivity index is 5.23. The maximum atomic E-state index is 13.1. The molecule has 0 rings (SSSR count). The number of hydrogen-bond acceptors (Lipinski definition) is 15. The summed E-state index contributed by atoms with van der Waals surface area (Å²) in [7, 11) is -9.91. The first-order valence-corrected chi connectivity index (χ1v) is 42.8. The van der Waals surface area contributed by atoms with Gasteiger partial charge in [-0.3, -0.25) is 37.3 Å². The van der Waals surface area contributed by atoms with Gasteiger partial charge in [-0.15, -0.1) is 0 Å². The molecule has 0 saturated heterocycles. The number of aliphatic hydroxyl groups excluding tert-OH is 1. The highest BCUT2D eigenvalue weighted by Crippen LogP contribution is 2.45. The molecule has 0 aromatic heterocycles. The Morgan fingerprint density at radius 3 is 0.708 bits per heavy atom. The van der Waals surface area contributed by atoms with E-state index in [9.17, 15) is 43.2 Å². The van der Waals surface area contributed by atoms with E-state index in [1.165, 1.54) is 199 Å². The van der Waals surface area contributed by atoms with Gasteiger partial charge in [-0.25, -0.2) is 9.13 Å². The first-order valence-electron chi connectivity index (χ1n) is 39.8. The van der Waals surface area contributed by atoms with Gasteiger partial charge >= 0.3 is 39.5 Å². The van der Waals surface area contributed by atoms with E-state index in [0.29, 0.717) is 31.6 Å². The number of rotatable bonds is 75. The van der Waals surface area contributed by atoms with Crippen LogP contribution < -0.4 is 0 Å². The Morgan fingerprint density at radius 1 is 0.281 bits per heavy atom. The molecule has 0 amide bonds. The fraction of sp³-hybridized carbons (Fsp3) is 0.948. The highest BCUT2D eigenvalue weighted by atomic mass is 31.2. The number of phosphoric ester groups is 2. The zero-order valence-electron chi connectivity index (χ0n) is 62.8. The molecule has 0 radical (unpaired) electrons. The van der Waals surface area contributed by atoms with Crippen molar-refractivity contribution in [2.24, 2.45) is 17.8 Å². The molecule has 96 heavy (non-hydrogen) atoms. The van der Waals surface area contributed by atoms with Gasteiger partial charge in [0.25, 0.3) is 0 Å². The van der Waals surface area contributed by atoms with E-state index in [-0.39, 0.29) is 25.7 Å². The van der Waals surface area contributed by atoms with Gasteiger partial charge in [0, 0.05) is 25.7 Å². The molecule has 0 bridgehead atoms. The number of esters is 4. The molecular formula is C77H150O17P2. The summed E-state index contributed by atoms with van der Waals surface area (Å²) in [5.74, 6) is 0.180. The highest BCUT2D eigenvalue weighted by Gasteiger charge is 2.30. The summed E-state index contributed by atoms with van der Waals surface area (Å²) in [4.78, 5) is 72.8. The number of carbonyl (C=O) groups excluding carboxylic acids is 4. The van der Waals surface area contributed by atoms with Gasteiger partial charge in [0.2, 0.25) is 0 Å². The molecule has 17 nitrogen and oxygen atoms in total. The molecule has 3 N–H and O–H groups in total. The number of phosphoric acid groups is 2. The fourth-order valence-electron chi connectivity index (χ4n) is 11.8. The molecule has 19 heteroatoms. The smallest absolute Gasteiger partial charge is 0.462 e. The highest BCUT2D eigenvalue weighted by molar-refractivity contribution is 7.47. The second-order valence-electron chi connectivity index (χ2n) is 29.2. The Hall–Kier alpha value is -1.94. The summed E-state index contributed by atoms with van der Waals surface area (Å²) in [5, 5.41) is 10.6. The van der Waals surface area contributed by atoms with Crippen LogP contribution in [-0.2, 0) is 65.4 Å². The average Bonchev–Trinajstić information content (AvgIpc) is 1.88. The zero-order valence-corrected chi connectivity index (χ0v) is 64.6. The van der Waals surface area contributed by atoms with Crippen LogP contribution in [0, 0.1) is 17.8 Å². The van der Waals surface area contributed by atoms with Crippen molar-refractivity contribution in [3.8, 4) is 0 Å². The van der Waals surface area contributed by atoms with E-state index >= 15 is 0 Å². The monoisotopic (exact) mass is 1410 g/mol. The van der Waals surface area contributed by atoms with Crippen LogP contribution in [-0.4, -0.2) is 96.7 Å². The third-order valence-electron chi connectivity index (χ3n) is 17.9. The predicted molar refractivity (Wildman–Crippen MR) is 391 cm³/mol. The predicted octanol–water partition coefficient (Wildman–Crippen LogP) is 22.6. The molecule has 2 unspecified atom stereocenters. The van der Waals surface area contributed by atoms with E-state index in [1.54, 1.807) is 0 Å². The lowest BCUT2D eigenvalue weighted by molar-refractivity contribution is -0.161. The van der Waals surface area contributed by atoms with E-state index < -0.39 is 97.5 Å². The van der Waals surface area contributed by atoms with E-state index in [0.717, 1.165) is 108 Å². The summed E-state index contributed by atoms with van der Waals surface area (Å²) in [6.45, 7) is 11.9. The van der Waals surface area contributed by atoms with E-state index in [2.05, 4.69) is 48.5 Å². The Kier molecular flexibility index (Phi) is 66.2. The van der Waals surface area contributed by atoms with Crippen LogP contribution in [0.4, 0.5) is 0 Å². The van der Waals surface area contributed by atoms with Gasteiger partial charge in [0.15, 0.2) is 12.2 Å². The number of unbranched alkanes of at least 4 members (excludes halogenated alkanes) is 43. The maximum absolute atomic E-state index is 13.1. The van der Waals surface area contributed by atoms with Gasteiger partial charge < -0.3 is 33.8 Å². The summed E-state index contributed by atoms with van der Waals surface area (Å²) in [6, 6.07) is 0. The summed E-state index contributed by atoms with van der Waals surface area (Å²) in [5.41, 5.74) is 0. The Labute approximate surface area is 588 Å². The summed E-state index contributed by atoms with van der Waals surface area (Å²) >= 11 is 0. The molecule has 0 fully saturated rings. The lowest BCUT2D eigenvalue weighted by Gasteiger charge is -2.21. The first kappa shape index (κ1) is 94.1. The van der Waals surface area contributed by atoms with E-state index in [1.807, 2.05) is 0 Å². The SMILES string of the molecule is CCCCCCCCCCCCCCC(=O)O[C@H](COC(=O)CCCCCCCCCC(C)C)COP(=O)(O)OC[C@H](O)COP(=O)(O)OC[C@@H](COC(=O)CCCCCCCCCCCCCCC(C)C)OC(=O)CCCCCCCCCCCCCCCCCCC(C)C. The first-order chi connectivity index (χ1) is 46.2. The van der Waals surface area contributed by atoms with Crippen molar-refractivity contribution in [3.05, 3.63) is 0 Å². The minimum atomic E-state index is -4.96. The molecule has 0 heterocycles. The van der Waals surface area contributed by atoms with Crippen LogP contribution in [0.1, 0.15) is 395 Å². The second-order valence-corrected chi connectivity index (χ2v) is 32.1. The standard InChI is InChI=1S/C77H150O17P2/c1-8-9-10-11-12-13-14-25-31-38-46-53-60-76(81)94-73(65-88-75(80)59-52-45-40-33-36-43-50-57-70(6)7)67-92-96(85,86)90-63-71(78)62-89-95(83,84)91-66-72(64-87-74(79)58-51-44-37-30-26-22-21-24-29-35-42-49-56-69(4)5)93-77(82)61-54-47-39-32-27-20-18-16-15-17-19-23-28-34-41-48-55-68(2)3/h68-73,78H,8-67H2,1-7H3,(H,83,84)(H,85,86)/t71-,72-,73-/m1/s1. The number of carbonyl (C=O) groups is 4. The lowest BCUT2D eigenvalue weighted by Crippen LogP contribution is -2.30. The normalized spacial score (nSPS) is 14.1. The van der Waals surface area contributed by atoms with Crippen LogP contribution >= 0.6 is 15.6 Å².